The smallest absolute Gasteiger partial charge is 0.363 e. The highest BCUT2D eigenvalue weighted by Crippen LogP contribution is 2.22. The van der Waals surface area contributed by atoms with E-state index in [2.05, 4.69) is 20.9 Å². The highest BCUT2D eigenvalue weighted by Gasteiger charge is 2.26. The Kier molecular flexibility index (Phi) is 3.05. The Balaban J connectivity index is 1.94. The molecule has 1 aliphatic rings. The molecule has 0 aliphatic carbocycles. The molecule has 0 bridgehead atoms. The van der Waals surface area contributed by atoms with Gasteiger partial charge >= 0.3 is 5.97 Å². The zero-order chi connectivity index (χ0) is 13.2. The first kappa shape index (κ1) is 11.9. The van der Waals surface area contributed by atoms with Gasteiger partial charge in [0.05, 0.1) is 0 Å². The zero-order valence-corrected chi connectivity index (χ0v) is 11.3. The number of halogens is 1. The van der Waals surface area contributed by atoms with E-state index in [1.165, 1.54) is 0 Å². The van der Waals surface area contributed by atoms with E-state index in [4.69, 9.17) is 9.15 Å². The van der Waals surface area contributed by atoms with Crippen molar-refractivity contribution in [1.29, 1.82) is 0 Å². The molecular formula is C14H8BrNO3. The number of benzene rings is 1. The highest BCUT2D eigenvalue weighted by molar-refractivity contribution is 9.10. The normalized spacial score (nSPS) is 16.6. The van der Waals surface area contributed by atoms with Crippen LogP contribution in [0.2, 0.25) is 0 Å². The summed E-state index contributed by atoms with van der Waals surface area (Å²) in [6.45, 7) is 0. The topological polar surface area (TPSA) is 51.8 Å². The minimum Gasteiger partial charge on any atom is -0.444 e. The molecule has 0 amide bonds. The van der Waals surface area contributed by atoms with Gasteiger partial charge in [-0.2, -0.15) is 0 Å². The van der Waals surface area contributed by atoms with Crippen molar-refractivity contribution >= 4 is 33.9 Å². The molecule has 19 heavy (non-hydrogen) atoms. The summed E-state index contributed by atoms with van der Waals surface area (Å²) in [6, 6.07) is 12.9. The molecule has 3 rings (SSSR count). The van der Waals surface area contributed by atoms with Gasteiger partial charge in [0, 0.05) is 0 Å². The third-order valence-electron chi connectivity index (χ3n) is 2.51. The van der Waals surface area contributed by atoms with Crippen LogP contribution >= 0.6 is 15.9 Å². The summed E-state index contributed by atoms with van der Waals surface area (Å²) in [4.78, 5) is 15.9. The molecule has 0 atom stereocenters. The standard InChI is InChI=1S/C14H8BrNO3/c15-12-7-6-11(18-12)13-16-10(14(17)19-13)8-9-4-2-1-3-5-9/h1-8H/b10-8+. The van der Waals surface area contributed by atoms with Crippen molar-refractivity contribution in [1.82, 2.24) is 0 Å². The third kappa shape index (κ3) is 2.51. The van der Waals surface area contributed by atoms with Crippen LogP contribution in [0.4, 0.5) is 0 Å². The lowest BCUT2D eigenvalue weighted by atomic mass is 10.2. The van der Waals surface area contributed by atoms with Gasteiger partial charge in [0.2, 0.25) is 0 Å². The Labute approximate surface area is 117 Å². The molecule has 1 aromatic heterocycles. The summed E-state index contributed by atoms with van der Waals surface area (Å²) < 4.78 is 10.9. The molecule has 0 saturated carbocycles. The number of hydrogen-bond acceptors (Lipinski definition) is 4. The van der Waals surface area contributed by atoms with E-state index in [0.29, 0.717) is 10.4 Å². The number of carbonyl (C=O) groups is 1. The van der Waals surface area contributed by atoms with Gasteiger partial charge in [-0.1, -0.05) is 30.3 Å². The van der Waals surface area contributed by atoms with Crippen molar-refractivity contribution < 1.29 is 13.9 Å². The Morgan fingerprint density at radius 3 is 2.58 bits per heavy atom. The number of carbonyl (C=O) groups excluding carboxylic acids is 1. The molecule has 0 unspecified atom stereocenters. The number of esters is 1. The van der Waals surface area contributed by atoms with Crippen LogP contribution < -0.4 is 0 Å². The molecule has 1 aliphatic heterocycles. The average Bonchev–Trinajstić information content (AvgIpc) is 2.98. The van der Waals surface area contributed by atoms with Crippen LogP contribution in [0.15, 0.2) is 62.2 Å². The Hall–Kier alpha value is -2.14. The van der Waals surface area contributed by atoms with Gasteiger partial charge in [-0.3, -0.25) is 0 Å². The van der Waals surface area contributed by atoms with Gasteiger partial charge in [0.25, 0.3) is 5.90 Å². The van der Waals surface area contributed by atoms with Crippen LogP contribution in [-0.4, -0.2) is 11.9 Å². The summed E-state index contributed by atoms with van der Waals surface area (Å²) in [5, 5.41) is 0. The lowest BCUT2D eigenvalue weighted by Gasteiger charge is -1.93. The van der Waals surface area contributed by atoms with Crippen LogP contribution in [0.1, 0.15) is 11.3 Å². The van der Waals surface area contributed by atoms with Gasteiger partial charge in [-0.15, -0.1) is 0 Å². The fourth-order valence-electron chi connectivity index (χ4n) is 1.65. The summed E-state index contributed by atoms with van der Waals surface area (Å²) in [5.41, 5.74) is 1.15. The van der Waals surface area contributed by atoms with Crippen LogP contribution in [0.25, 0.3) is 6.08 Å². The fourth-order valence-corrected chi connectivity index (χ4v) is 1.96. The molecule has 0 saturated heterocycles. The third-order valence-corrected chi connectivity index (χ3v) is 2.93. The monoisotopic (exact) mass is 317 g/mol. The minimum atomic E-state index is -0.480. The van der Waals surface area contributed by atoms with Gasteiger partial charge in [0.15, 0.2) is 16.1 Å². The van der Waals surface area contributed by atoms with E-state index in [9.17, 15) is 4.79 Å². The average molecular weight is 318 g/mol. The van der Waals surface area contributed by atoms with Crippen LogP contribution in [-0.2, 0) is 9.53 Å². The van der Waals surface area contributed by atoms with Crippen molar-refractivity contribution in [3.8, 4) is 0 Å². The quantitative estimate of drug-likeness (QED) is 0.630. The number of rotatable bonds is 2. The predicted molar refractivity (Wildman–Crippen MR) is 73.5 cm³/mol. The lowest BCUT2D eigenvalue weighted by molar-refractivity contribution is -0.130. The second kappa shape index (κ2) is 4.85. The van der Waals surface area contributed by atoms with Crippen molar-refractivity contribution in [3.05, 3.63) is 64.2 Å². The number of aliphatic imine (C=N–C) groups is 1. The van der Waals surface area contributed by atoms with Crippen LogP contribution in [0.5, 0.6) is 0 Å². The van der Waals surface area contributed by atoms with Gasteiger partial charge in [-0.25, -0.2) is 9.79 Å². The summed E-state index contributed by atoms with van der Waals surface area (Å²) in [6.07, 6.45) is 1.67. The second-order valence-corrected chi connectivity index (χ2v) is 4.63. The summed E-state index contributed by atoms with van der Waals surface area (Å²) in [5.74, 6) is 0.112. The van der Waals surface area contributed by atoms with Crippen molar-refractivity contribution in [2.45, 2.75) is 0 Å². The predicted octanol–water partition coefficient (Wildman–Crippen LogP) is 3.39. The minimum absolute atomic E-state index is 0.179. The lowest BCUT2D eigenvalue weighted by Crippen LogP contribution is -2.04. The fraction of sp³-hybridized carbons (Fsp3) is 0. The molecule has 0 N–H and O–H groups in total. The Bertz CT molecular complexity index is 686. The van der Waals surface area contributed by atoms with E-state index in [-0.39, 0.29) is 11.6 Å². The molecule has 1 aromatic carbocycles. The summed E-state index contributed by atoms with van der Waals surface area (Å²) in [7, 11) is 0. The molecule has 0 spiro atoms. The highest BCUT2D eigenvalue weighted by atomic mass is 79.9. The van der Waals surface area contributed by atoms with E-state index < -0.39 is 5.97 Å². The molecule has 2 aromatic rings. The maximum absolute atomic E-state index is 11.7. The van der Waals surface area contributed by atoms with E-state index in [1.54, 1.807) is 18.2 Å². The van der Waals surface area contributed by atoms with Crippen molar-refractivity contribution in [2.24, 2.45) is 4.99 Å². The van der Waals surface area contributed by atoms with E-state index in [0.717, 1.165) is 5.56 Å². The van der Waals surface area contributed by atoms with Crippen molar-refractivity contribution in [2.75, 3.05) is 0 Å². The van der Waals surface area contributed by atoms with Crippen LogP contribution in [0, 0.1) is 0 Å². The molecule has 0 radical (unpaired) electrons. The molecular weight excluding hydrogens is 310 g/mol. The zero-order valence-electron chi connectivity index (χ0n) is 9.67. The van der Waals surface area contributed by atoms with Gasteiger partial charge in [-0.05, 0) is 39.7 Å². The van der Waals surface area contributed by atoms with Gasteiger partial charge in [0.1, 0.15) is 0 Å². The number of ether oxygens (including phenoxy) is 1. The Morgan fingerprint density at radius 1 is 1.11 bits per heavy atom. The summed E-state index contributed by atoms with van der Waals surface area (Å²) >= 11 is 3.19. The Morgan fingerprint density at radius 2 is 1.89 bits per heavy atom. The molecule has 94 valence electrons. The van der Waals surface area contributed by atoms with E-state index in [1.807, 2.05) is 30.3 Å². The molecule has 2 heterocycles. The van der Waals surface area contributed by atoms with Crippen LogP contribution in [0.3, 0.4) is 0 Å². The largest absolute Gasteiger partial charge is 0.444 e. The first-order chi connectivity index (χ1) is 9.22. The number of cyclic esters (lactones) is 1. The first-order valence-corrected chi connectivity index (χ1v) is 6.35. The molecule has 0 fully saturated rings. The van der Waals surface area contributed by atoms with E-state index >= 15 is 0 Å². The molecule has 5 heteroatoms. The second-order valence-electron chi connectivity index (χ2n) is 3.85. The van der Waals surface area contributed by atoms with Gasteiger partial charge < -0.3 is 9.15 Å². The SMILES string of the molecule is O=C1OC(c2ccc(Br)o2)=N/C1=C/c1ccccc1. The first-order valence-electron chi connectivity index (χ1n) is 5.56. The number of furan rings is 1. The van der Waals surface area contributed by atoms with Crippen molar-refractivity contribution in [3.63, 3.8) is 0 Å². The number of hydrogen-bond donors (Lipinski definition) is 0. The maximum atomic E-state index is 11.7. The molecule has 4 nitrogen and oxygen atoms in total. The maximum Gasteiger partial charge on any atom is 0.363 e. The number of nitrogens with zero attached hydrogens (tertiary/aromatic N) is 1.